The van der Waals surface area contributed by atoms with Gasteiger partial charge in [-0.2, -0.15) is 4.37 Å². The summed E-state index contributed by atoms with van der Waals surface area (Å²) in [5.74, 6) is 1.08. The molecule has 0 aliphatic rings. The van der Waals surface area contributed by atoms with Gasteiger partial charge in [-0.15, -0.1) is 33.3 Å². The number of hydrogen-bond donors (Lipinski definition) is 0. The third-order valence-electron chi connectivity index (χ3n) is 2.18. The quantitative estimate of drug-likeness (QED) is 0.688. The van der Waals surface area contributed by atoms with Crippen molar-refractivity contribution in [2.24, 2.45) is 0 Å². The molecule has 17 heavy (non-hydrogen) atoms. The van der Waals surface area contributed by atoms with Gasteiger partial charge in [0.2, 0.25) is 0 Å². The van der Waals surface area contributed by atoms with Crippen LogP contribution in [0.5, 0.6) is 0 Å². The first-order valence-corrected chi connectivity index (χ1v) is 7.96. The van der Waals surface area contributed by atoms with Crippen molar-refractivity contribution in [1.29, 1.82) is 0 Å². The molecule has 0 aromatic carbocycles. The van der Waals surface area contributed by atoms with E-state index in [4.69, 9.17) is 11.6 Å². The van der Waals surface area contributed by atoms with E-state index in [-0.39, 0.29) is 0 Å². The number of hydrogen-bond acceptors (Lipinski definition) is 7. The summed E-state index contributed by atoms with van der Waals surface area (Å²) >= 11 is 10.9. The molecule has 0 saturated carbocycles. The van der Waals surface area contributed by atoms with Gasteiger partial charge in [0.15, 0.2) is 5.15 Å². The van der Waals surface area contributed by atoms with Crippen LogP contribution in [0.15, 0.2) is 4.21 Å². The third-order valence-corrected chi connectivity index (χ3v) is 6.05. The van der Waals surface area contributed by atoms with Gasteiger partial charge >= 0.3 is 0 Å². The zero-order chi connectivity index (χ0) is 11.8. The Morgan fingerprint density at radius 1 is 1.35 bits per heavy atom. The topological polar surface area (TPSA) is 51.6 Å². The van der Waals surface area contributed by atoms with E-state index in [1.165, 1.54) is 27.1 Å². The first kappa shape index (κ1) is 11.6. The van der Waals surface area contributed by atoms with E-state index in [0.29, 0.717) is 5.15 Å². The molecule has 0 saturated heterocycles. The molecule has 3 aromatic heterocycles. The van der Waals surface area contributed by atoms with E-state index in [2.05, 4.69) is 26.7 Å². The summed E-state index contributed by atoms with van der Waals surface area (Å²) in [4.78, 5) is 0.979. The van der Waals surface area contributed by atoms with Crippen LogP contribution in [0, 0.1) is 0 Å². The zero-order valence-corrected chi connectivity index (χ0v) is 12.0. The molecule has 3 rings (SSSR count). The predicted molar refractivity (Wildman–Crippen MR) is 74.4 cm³/mol. The molecule has 8 heteroatoms. The van der Waals surface area contributed by atoms with E-state index in [1.54, 1.807) is 0 Å². The van der Waals surface area contributed by atoms with Crippen LogP contribution < -0.4 is 0 Å². The average Bonchev–Trinajstić information content (AvgIpc) is 2.87. The van der Waals surface area contributed by atoms with Crippen LogP contribution in [-0.4, -0.2) is 25.5 Å². The first-order chi connectivity index (χ1) is 8.31. The second kappa shape index (κ2) is 4.64. The minimum atomic E-state index is 0.412. The van der Waals surface area contributed by atoms with Crippen LogP contribution in [0.25, 0.3) is 20.4 Å². The fourth-order valence-electron chi connectivity index (χ4n) is 1.47. The van der Waals surface area contributed by atoms with Crippen molar-refractivity contribution in [1.82, 2.24) is 19.8 Å². The van der Waals surface area contributed by atoms with Crippen LogP contribution >= 0.6 is 46.2 Å². The molecule has 0 aliphatic heterocycles. The molecule has 0 amide bonds. The molecular weight excluding hydrogens is 296 g/mol. The predicted octanol–water partition coefficient (Wildman–Crippen LogP) is 3.85. The maximum Gasteiger partial charge on any atom is 0.172 e. The van der Waals surface area contributed by atoms with Crippen molar-refractivity contribution in [2.45, 2.75) is 17.6 Å². The molecule has 4 nitrogen and oxygen atoms in total. The molecule has 0 radical (unpaired) electrons. The van der Waals surface area contributed by atoms with Crippen molar-refractivity contribution < 1.29 is 0 Å². The summed E-state index contributed by atoms with van der Waals surface area (Å²) in [5, 5.41) is 13.0. The zero-order valence-electron chi connectivity index (χ0n) is 8.81. The molecule has 0 bridgehead atoms. The highest BCUT2D eigenvalue weighted by Crippen LogP contribution is 2.42. The maximum absolute atomic E-state index is 6.01. The lowest BCUT2D eigenvalue weighted by Crippen LogP contribution is -1.86. The minimum Gasteiger partial charge on any atom is -0.180 e. The molecule has 0 atom stereocenters. The first-order valence-electron chi connectivity index (χ1n) is 5.00. The Kier molecular flexibility index (Phi) is 3.16. The van der Waals surface area contributed by atoms with E-state index in [9.17, 15) is 0 Å². The van der Waals surface area contributed by atoms with Gasteiger partial charge in [-0.3, -0.25) is 0 Å². The Bertz CT molecular complexity index is 677. The van der Waals surface area contributed by atoms with Crippen molar-refractivity contribution in [3.8, 4) is 0 Å². The average molecular weight is 303 g/mol. The van der Waals surface area contributed by atoms with E-state index < -0.39 is 0 Å². The smallest absolute Gasteiger partial charge is 0.172 e. The molecule has 0 unspecified atom stereocenters. The second-order valence-corrected chi connectivity index (χ2v) is 6.85. The van der Waals surface area contributed by atoms with Crippen molar-refractivity contribution >= 4 is 66.7 Å². The summed E-state index contributed by atoms with van der Waals surface area (Å²) in [5.41, 5.74) is 0.831. The monoisotopic (exact) mass is 302 g/mol. The van der Waals surface area contributed by atoms with Crippen LogP contribution in [0.4, 0.5) is 0 Å². The van der Waals surface area contributed by atoms with Crippen LogP contribution in [-0.2, 0) is 0 Å². The Morgan fingerprint density at radius 3 is 3.06 bits per heavy atom. The molecule has 0 fully saturated rings. The van der Waals surface area contributed by atoms with E-state index >= 15 is 0 Å². The second-order valence-electron chi connectivity index (χ2n) is 3.36. The van der Waals surface area contributed by atoms with Gasteiger partial charge in [0.1, 0.15) is 10.3 Å². The van der Waals surface area contributed by atoms with E-state index in [1.807, 2.05) is 11.8 Å². The normalized spacial score (nSPS) is 11.6. The molecule has 0 spiro atoms. The summed E-state index contributed by atoms with van der Waals surface area (Å²) in [7, 11) is 0. The van der Waals surface area contributed by atoms with Gasteiger partial charge in [-0.25, -0.2) is 0 Å². The highest BCUT2D eigenvalue weighted by atomic mass is 35.5. The summed E-state index contributed by atoms with van der Waals surface area (Å²) < 4.78 is 6.51. The Morgan fingerprint density at radius 2 is 2.24 bits per heavy atom. The van der Waals surface area contributed by atoms with Gasteiger partial charge in [0.05, 0.1) is 14.3 Å². The van der Waals surface area contributed by atoms with Crippen molar-refractivity contribution in [2.75, 3.05) is 5.75 Å². The number of aromatic nitrogens is 4. The van der Waals surface area contributed by atoms with Crippen LogP contribution in [0.2, 0.25) is 5.15 Å². The Labute approximate surface area is 115 Å². The molecule has 0 aliphatic carbocycles. The highest BCUT2D eigenvalue weighted by molar-refractivity contribution is 8.01. The lowest BCUT2D eigenvalue weighted by atomic mass is 10.4. The molecular formula is C9H7ClN4S3. The largest absolute Gasteiger partial charge is 0.180 e. The fourth-order valence-corrected chi connectivity index (χ4v) is 4.80. The van der Waals surface area contributed by atoms with Crippen LogP contribution in [0.1, 0.15) is 13.3 Å². The number of rotatable bonds is 3. The van der Waals surface area contributed by atoms with Gasteiger partial charge in [-0.05, 0) is 28.9 Å². The number of halogens is 1. The molecule has 88 valence electrons. The Balaban J connectivity index is 2.25. The van der Waals surface area contributed by atoms with E-state index in [0.717, 1.165) is 32.6 Å². The molecule has 0 N–H and O–H groups in total. The van der Waals surface area contributed by atoms with Crippen molar-refractivity contribution in [3.05, 3.63) is 5.15 Å². The lowest BCUT2D eigenvalue weighted by Gasteiger charge is -1.94. The summed E-state index contributed by atoms with van der Waals surface area (Å²) in [6.07, 6.45) is 1.14. The molecule has 3 aromatic rings. The highest BCUT2D eigenvalue weighted by Gasteiger charge is 2.17. The third kappa shape index (κ3) is 1.91. The summed E-state index contributed by atoms with van der Waals surface area (Å²) in [6, 6.07) is 0. The molecule has 3 heterocycles. The van der Waals surface area contributed by atoms with Gasteiger partial charge in [0, 0.05) is 0 Å². The fraction of sp³-hybridized carbons (Fsp3) is 0.333. The maximum atomic E-state index is 6.01. The lowest BCUT2D eigenvalue weighted by molar-refractivity contribution is 0.899. The van der Waals surface area contributed by atoms with Gasteiger partial charge in [-0.1, -0.05) is 18.5 Å². The van der Waals surface area contributed by atoms with Gasteiger partial charge < -0.3 is 0 Å². The SMILES string of the molecule is CCCSc1snc2sc3c(Cl)nnnc3c12. The van der Waals surface area contributed by atoms with Crippen molar-refractivity contribution in [3.63, 3.8) is 0 Å². The standard InChI is InChI=1S/C9H7ClN4S3/c1-2-3-15-9-4-5-6(7(10)12-14-11-5)16-8(4)13-17-9/h2-3H2,1H3. The number of nitrogens with zero attached hydrogens (tertiary/aromatic N) is 4. The number of thioether (sulfide) groups is 1. The number of thiophene rings is 1. The minimum absolute atomic E-state index is 0.412. The van der Waals surface area contributed by atoms with Gasteiger partial charge in [0.25, 0.3) is 0 Å². The Hall–Kier alpha value is -0.500. The number of fused-ring (bicyclic) bond motifs is 3. The summed E-state index contributed by atoms with van der Waals surface area (Å²) in [6.45, 7) is 2.16. The van der Waals surface area contributed by atoms with Crippen LogP contribution in [0.3, 0.4) is 0 Å².